The third kappa shape index (κ3) is 3.50. The second-order valence-corrected chi connectivity index (χ2v) is 3.05. The normalized spacial score (nSPS) is 12.0. The summed E-state index contributed by atoms with van der Waals surface area (Å²) in [5.41, 5.74) is 0.906. The Morgan fingerprint density at radius 3 is 3.00 bits per heavy atom. The average molecular weight is 190 g/mol. The van der Waals surface area contributed by atoms with Crippen LogP contribution in [-0.2, 0) is 6.54 Å². The zero-order chi connectivity index (χ0) is 10.2. The van der Waals surface area contributed by atoms with Gasteiger partial charge in [-0.2, -0.15) is 5.26 Å². The molecule has 1 aromatic heterocycles. The third-order valence-corrected chi connectivity index (χ3v) is 2.02. The van der Waals surface area contributed by atoms with E-state index in [-0.39, 0.29) is 6.04 Å². The minimum Gasteiger partial charge on any atom is -0.307 e. The van der Waals surface area contributed by atoms with Crippen molar-refractivity contribution in [3.63, 3.8) is 0 Å². The van der Waals surface area contributed by atoms with Crippen molar-refractivity contribution in [3.8, 4) is 6.07 Å². The highest BCUT2D eigenvalue weighted by molar-refractivity contribution is 4.94. The van der Waals surface area contributed by atoms with Crippen LogP contribution in [0, 0.1) is 11.3 Å². The molecule has 14 heavy (non-hydrogen) atoms. The fourth-order valence-corrected chi connectivity index (χ4v) is 1.14. The van der Waals surface area contributed by atoms with Gasteiger partial charge in [0.1, 0.15) is 0 Å². The highest BCUT2D eigenvalue weighted by Gasteiger charge is 2.04. The monoisotopic (exact) mass is 190 g/mol. The summed E-state index contributed by atoms with van der Waals surface area (Å²) in [5.74, 6) is 0. The van der Waals surface area contributed by atoms with Crippen LogP contribution in [-0.4, -0.2) is 16.0 Å². The first-order valence-corrected chi connectivity index (χ1v) is 4.72. The molecule has 1 rings (SSSR count). The SMILES string of the molecule is CCC(CC#N)NCc1cnccn1. The van der Waals surface area contributed by atoms with E-state index < -0.39 is 0 Å². The summed E-state index contributed by atoms with van der Waals surface area (Å²) in [6.45, 7) is 2.74. The summed E-state index contributed by atoms with van der Waals surface area (Å²) < 4.78 is 0. The van der Waals surface area contributed by atoms with Crippen molar-refractivity contribution in [1.82, 2.24) is 15.3 Å². The van der Waals surface area contributed by atoms with Gasteiger partial charge in [-0.05, 0) is 6.42 Å². The molecular weight excluding hydrogens is 176 g/mol. The van der Waals surface area contributed by atoms with Crippen LogP contribution >= 0.6 is 0 Å². The van der Waals surface area contributed by atoms with E-state index >= 15 is 0 Å². The molecule has 1 heterocycles. The van der Waals surface area contributed by atoms with Crippen molar-refractivity contribution >= 4 is 0 Å². The standard InChI is InChI=1S/C10H14N4/c1-2-9(3-4-11)14-8-10-7-12-5-6-13-10/h5-7,9,14H,2-3,8H2,1H3. The van der Waals surface area contributed by atoms with Crippen LogP contribution in [0.1, 0.15) is 25.5 Å². The van der Waals surface area contributed by atoms with E-state index in [0.29, 0.717) is 13.0 Å². The van der Waals surface area contributed by atoms with Crippen molar-refractivity contribution in [3.05, 3.63) is 24.3 Å². The van der Waals surface area contributed by atoms with Gasteiger partial charge in [-0.25, -0.2) is 0 Å². The Morgan fingerprint density at radius 1 is 1.57 bits per heavy atom. The van der Waals surface area contributed by atoms with E-state index in [9.17, 15) is 0 Å². The highest BCUT2D eigenvalue weighted by Crippen LogP contribution is 1.98. The van der Waals surface area contributed by atoms with E-state index in [1.54, 1.807) is 18.6 Å². The Balaban J connectivity index is 2.36. The van der Waals surface area contributed by atoms with Gasteiger partial charge < -0.3 is 5.32 Å². The first-order chi connectivity index (χ1) is 6.86. The van der Waals surface area contributed by atoms with Crippen molar-refractivity contribution in [2.75, 3.05) is 0 Å². The van der Waals surface area contributed by atoms with Crippen LogP contribution < -0.4 is 5.32 Å². The van der Waals surface area contributed by atoms with Crippen LogP contribution in [0.25, 0.3) is 0 Å². The first kappa shape index (κ1) is 10.6. The molecule has 0 saturated carbocycles. The molecule has 0 aliphatic rings. The summed E-state index contributed by atoms with van der Waals surface area (Å²) in [6, 6.07) is 2.41. The molecule has 1 unspecified atom stereocenters. The molecular formula is C10H14N4. The Morgan fingerprint density at radius 2 is 2.43 bits per heavy atom. The Bertz CT molecular complexity index is 291. The molecule has 0 amide bonds. The number of nitriles is 1. The van der Waals surface area contributed by atoms with Crippen molar-refractivity contribution < 1.29 is 0 Å². The van der Waals surface area contributed by atoms with Crippen LogP contribution in [0.2, 0.25) is 0 Å². The minimum atomic E-state index is 0.252. The third-order valence-electron chi connectivity index (χ3n) is 2.02. The molecule has 0 aromatic carbocycles. The maximum absolute atomic E-state index is 8.55. The summed E-state index contributed by atoms with van der Waals surface area (Å²) in [7, 11) is 0. The molecule has 0 spiro atoms. The molecule has 4 nitrogen and oxygen atoms in total. The number of nitrogens with one attached hydrogen (secondary N) is 1. The summed E-state index contributed by atoms with van der Waals surface area (Å²) in [4.78, 5) is 8.10. The first-order valence-electron chi connectivity index (χ1n) is 4.72. The summed E-state index contributed by atoms with van der Waals surface area (Å²) >= 11 is 0. The second-order valence-electron chi connectivity index (χ2n) is 3.05. The largest absolute Gasteiger partial charge is 0.307 e. The topological polar surface area (TPSA) is 61.6 Å². The van der Waals surface area contributed by atoms with Gasteiger partial charge in [-0.15, -0.1) is 0 Å². The van der Waals surface area contributed by atoms with Gasteiger partial charge in [-0.1, -0.05) is 6.92 Å². The van der Waals surface area contributed by atoms with Gasteiger partial charge in [0, 0.05) is 31.2 Å². The van der Waals surface area contributed by atoms with Gasteiger partial charge in [0.2, 0.25) is 0 Å². The summed E-state index contributed by atoms with van der Waals surface area (Å²) in [5, 5.41) is 11.8. The number of hydrogen-bond donors (Lipinski definition) is 1. The second kappa shape index (κ2) is 6.06. The molecule has 0 aliphatic carbocycles. The molecule has 1 N–H and O–H groups in total. The smallest absolute Gasteiger partial charge is 0.0724 e. The van der Waals surface area contributed by atoms with E-state index in [1.165, 1.54) is 0 Å². The number of aromatic nitrogens is 2. The molecule has 0 radical (unpaired) electrons. The van der Waals surface area contributed by atoms with E-state index in [2.05, 4.69) is 28.3 Å². The lowest BCUT2D eigenvalue weighted by atomic mass is 10.1. The molecule has 4 heteroatoms. The molecule has 74 valence electrons. The molecule has 0 saturated heterocycles. The number of hydrogen-bond acceptors (Lipinski definition) is 4. The van der Waals surface area contributed by atoms with Crippen molar-refractivity contribution in [2.24, 2.45) is 0 Å². The van der Waals surface area contributed by atoms with Crippen LogP contribution in [0.15, 0.2) is 18.6 Å². The maximum Gasteiger partial charge on any atom is 0.0724 e. The fourth-order valence-electron chi connectivity index (χ4n) is 1.14. The van der Waals surface area contributed by atoms with Crippen molar-refractivity contribution in [2.45, 2.75) is 32.4 Å². The van der Waals surface area contributed by atoms with E-state index in [1.807, 2.05) is 0 Å². The zero-order valence-corrected chi connectivity index (χ0v) is 8.27. The highest BCUT2D eigenvalue weighted by atomic mass is 14.9. The minimum absolute atomic E-state index is 0.252. The lowest BCUT2D eigenvalue weighted by Crippen LogP contribution is -2.27. The van der Waals surface area contributed by atoms with Gasteiger partial charge in [0.25, 0.3) is 0 Å². The van der Waals surface area contributed by atoms with Crippen LogP contribution in [0.4, 0.5) is 0 Å². The van der Waals surface area contributed by atoms with Crippen molar-refractivity contribution in [1.29, 1.82) is 5.26 Å². The van der Waals surface area contributed by atoms with Crippen LogP contribution in [0.5, 0.6) is 0 Å². The molecule has 0 bridgehead atoms. The lowest BCUT2D eigenvalue weighted by molar-refractivity contribution is 0.500. The Labute approximate surface area is 84.0 Å². The van der Waals surface area contributed by atoms with Gasteiger partial charge >= 0.3 is 0 Å². The Hall–Kier alpha value is -1.47. The fraction of sp³-hybridized carbons (Fsp3) is 0.500. The van der Waals surface area contributed by atoms with Gasteiger partial charge in [-0.3, -0.25) is 9.97 Å². The van der Waals surface area contributed by atoms with Gasteiger partial charge in [0.05, 0.1) is 18.2 Å². The number of rotatable bonds is 5. The molecule has 0 fully saturated rings. The Kier molecular flexibility index (Phi) is 4.59. The average Bonchev–Trinajstić information content (AvgIpc) is 2.25. The quantitative estimate of drug-likeness (QED) is 0.759. The molecule has 1 atom stereocenters. The van der Waals surface area contributed by atoms with E-state index in [0.717, 1.165) is 12.1 Å². The van der Waals surface area contributed by atoms with Gasteiger partial charge in [0.15, 0.2) is 0 Å². The maximum atomic E-state index is 8.55. The number of nitrogens with zero attached hydrogens (tertiary/aromatic N) is 3. The summed E-state index contributed by atoms with van der Waals surface area (Å²) in [6.07, 6.45) is 6.54. The molecule has 0 aliphatic heterocycles. The van der Waals surface area contributed by atoms with E-state index in [4.69, 9.17) is 5.26 Å². The molecule has 1 aromatic rings. The van der Waals surface area contributed by atoms with Crippen LogP contribution in [0.3, 0.4) is 0 Å². The predicted octanol–water partition coefficient (Wildman–Crippen LogP) is 1.26. The zero-order valence-electron chi connectivity index (χ0n) is 8.27. The predicted molar refractivity (Wildman–Crippen MR) is 53.2 cm³/mol. The lowest BCUT2D eigenvalue weighted by Gasteiger charge is -2.12.